The number of rotatable bonds is 4. The van der Waals surface area contributed by atoms with Crippen molar-refractivity contribution in [1.29, 1.82) is 0 Å². The molecule has 3 rings (SSSR count). The van der Waals surface area contributed by atoms with Gasteiger partial charge in [0.1, 0.15) is 16.9 Å². The van der Waals surface area contributed by atoms with Gasteiger partial charge >= 0.3 is 12.1 Å². The third kappa shape index (κ3) is 4.22. The van der Waals surface area contributed by atoms with Gasteiger partial charge in [-0.05, 0) is 51.3 Å². The van der Waals surface area contributed by atoms with Crippen LogP contribution >= 0.6 is 11.6 Å². The van der Waals surface area contributed by atoms with Gasteiger partial charge in [0.15, 0.2) is 0 Å². The monoisotopic (exact) mass is 408 g/mol. The lowest BCUT2D eigenvalue weighted by Crippen LogP contribution is -2.48. The number of hydrogen-bond donors (Lipinski definition) is 2. The van der Waals surface area contributed by atoms with Crippen molar-refractivity contribution in [3.05, 3.63) is 23.2 Å². The summed E-state index contributed by atoms with van der Waals surface area (Å²) in [4.78, 5) is 32.5. The second-order valence-electron chi connectivity index (χ2n) is 8.23. The maximum atomic E-state index is 12.2. The van der Waals surface area contributed by atoms with E-state index in [-0.39, 0.29) is 17.5 Å². The van der Waals surface area contributed by atoms with Gasteiger partial charge in [-0.2, -0.15) is 4.98 Å². The van der Waals surface area contributed by atoms with Crippen molar-refractivity contribution in [2.24, 2.45) is 0 Å². The van der Waals surface area contributed by atoms with E-state index in [1.165, 1.54) is 6.20 Å². The lowest BCUT2D eigenvalue weighted by Gasteiger charge is -2.40. The molecular weight excluding hydrogens is 384 g/mol. The summed E-state index contributed by atoms with van der Waals surface area (Å²) in [6.07, 6.45) is 5.33. The lowest BCUT2D eigenvalue weighted by molar-refractivity contribution is 0.0486. The highest BCUT2D eigenvalue weighted by Crippen LogP contribution is 2.38. The first-order chi connectivity index (χ1) is 13.1. The molecule has 152 valence electrons. The van der Waals surface area contributed by atoms with Gasteiger partial charge in [0.2, 0.25) is 5.28 Å². The number of halogens is 1. The molecule has 0 aliphatic heterocycles. The Morgan fingerprint density at radius 3 is 2.61 bits per heavy atom. The first-order valence-electron chi connectivity index (χ1n) is 9.36. The minimum absolute atomic E-state index is 0.0508. The Bertz CT molecular complexity index is 897. The van der Waals surface area contributed by atoms with Crippen LogP contribution in [0.25, 0.3) is 11.0 Å². The van der Waals surface area contributed by atoms with E-state index in [0.717, 1.165) is 19.3 Å². The van der Waals surface area contributed by atoms with Crippen LogP contribution < -0.4 is 5.32 Å². The van der Waals surface area contributed by atoms with E-state index in [1.807, 2.05) is 0 Å². The standard InChI is InChI=1S/C19H25ClN4O4/c1-18(2,3)28-17(27)22-11-19(7-5-4-6-8-19)24-13(15(25)26)9-12-10-21-16(20)23-14(12)24/h9-10H,4-8,11H2,1-3H3,(H,22,27)(H,25,26). The van der Waals surface area contributed by atoms with Gasteiger partial charge < -0.3 is 19.7 Å². The van der Waals surface area contributed by atoms with Crippen LogP contribution in [-0.4, -0.2) is 43.8 Å². The Balaban J connectivity index is 2.04. The van der Waals surface area contributed by atoms with Crippen LogP contribution in [0, 0.1) is 0 Å². The summed E-state index contributed by atoms with van der Waals surface area (Å²) in [5.74, 6) is -1.06. The van der Waals surface area contributed by atoms with Gasteiger partial charge in [0.25, 0.3) is 0 Å². The zero-order valence-corrected chi connectivity index (χ0v) is 17.0. The Morgan fingerprint density at radius 2 is 2.00 bits per heavy atom. The number of alkyl carbamates (subject to hydrolysis) is 1. The van der Waals surface area contributed by atoms with E-state index < -0.39 is 23.2 Å². The third-order valence-corrected chi connectivity index (χ3v) is 5.13. The van der Waals surface area contributed by atoms with E-state index in [9.17, 15) is 14.7 Å². The minimum Gasteiger partial charge on any atom is -0.477 e. The van der Waals surface area contributed by atoms with Crippen molar-refractivity contribution in [2.45, 2.75) is 64.0 Å². The summed E-state index contributed by atoms with van der Waals surface area (Å²) >= 11 is 5.99. The summed E-state index contributed by atoms with van der Waals surface area (Å²) in [5, 5.41) is 13.3. The van der Waals surface area contributed by atoms with Crippen molar-refractivity contribution in [2.75, 3.05) is 6.54 Å². The normalized spacial score (nSPS) is 16.7. The first kappa shape index (κ1) is 20.4. The van der Waals surface area contributed by atoms with Crippen molar-refractivity contribution in [3.63, 3.8) is 0 Å². The molecule has 0 saturated heterocycles. The molecule has 0 bridgehead atoms. The number of fused-ring (bicyclic) bond motifs is 1. The van der Waals surface area contributed by atoms with Gasteiger partial charge in [-0.3, -0.25) is 0 Å². The number of nitrogens with zero attached hydrogens (tertiary/aromatic N) is 3. The predicted octanol–water partition coefficient (Wildman–Crippen LogP) is 3.97. The zero-order chi connectivity index (χ0) is 20.5. The molecule has 0 radical (unpaired) electrons. The largest absolute Gasteiger partial charge is 0.477 e. The van der Waals surface area contributed by atoms with Crippen molar-refractivity contribution in [3.8, 4) is 0 Å². The predicted molar refractivity (Wildman–Crippen MR) is 105 cm³/mol. The molecule has 9 heteroatoms. The summed E-state index contributed by atoms with van der Waals surface area (Å²) in [6.45, 7) is 5.63. The quantitative estimate of drug-likeness (QED) is 0.741. The highest BCUT2D eigenvalue weighted by atomic mass is 35.5. The molecule has 8 nitrogen and oxygen atoms in total. The molecule has 0 spiro atoms. The molecule has 1 saturated carbocycles. The summed E-state index contributed by atoms with van der Waals surface area (Å²) in [7, 11) is 0. The van der Waals surface area contributed by atoms with E-state index in [2.05, 4.69) is 15.3 Å². The molecule has 2 N–H and O–H groups in total. The fourth-order valence-corrected chi connectivity index (χ4v) is 3.97. The average molecular weight is 409 g/mol. The van der Waals surface area contributed by atoms with E-state index in [0.29, 0.717) is 23.9 Å². The Kier molecular flexibility index (Phi) is 5.52. The van der Waals surface area contributed by atoms with Crippen molar-refractivity contribution < 1.29 is 19.4 Å². The number of hydrogen-bond acceptors (Lipinski definition) is 5. The van der Waals surface area contributed by atoms with Crippen LogP contribution in [-0.2, 0) is 10.3 Å². The fourth-order valence-electron chi connectivity index (χ4n) is 3.85. The zero-order valence-electron chi connectivity index (χ0n) is 16.3. The van der Waals surface area contributed by atoms with Gasteiger partial charge in [0.05, 0.1) is 5.54 Å². The number of carbonyl (C=O) groups is 2. The molecule has 2 aromatic rings. The molecule has 0 atom stereocenters. The Labute approximate surface area is 168 Å². The van der Waals surface area contributed by atoms with E-state index in [4.69, 9.17) is 16.3 Å². The second-order valence-corrected chi connectivity index (χ2v) is 8.57. The van der Waals surface area contributed by atoms with Gasteiger partial charge in [-0.25, -0.2) is 14.6 Å². The Morgan fingerprint density at radius 1 is 1.32 bits per heavy atom. The summed E-state index contributed by atoms with van der Waals surface area (Å²) < 4.78 is 7.07. The smallest absolute Gasteiger partial charge is 0.407 e. The third-order valence-electron chi connectivity index (χ3n) is 4.95. The van der Waals surface area contributed by atoms with Crippen molar-refractivity contribution >= 4 is 34.7 Å². The number of ether oxygens (including phenoxy) is 1. The molecular formula is C19H25ClN4O4. The maximum Gasteiger partial charge on any atom is 0.407 e. The molecule has 1 aliphatic carbocycles. The Hall–Kier alpha value is -2.35. The van der Waals surface area contributed by atoms with Gasteiger partial charge in [0, 0.05) is 18.1 Å². The minimum atomic E-state index is -1.06. The van der Waals surface area contributed by atoms with Gasteiger partial charge in [-0.1, -0.05) is 19.3 Å². The molecule has 2 heterocycles. The molecule has 1 aliphatic rings. The van der Waals surface area contributed by atoms with Crippen LogP contribution in [0.4, 0.5) is 4.79 Å². The highest BCUT2D eigenvalue weighted by molar-refractivity contribution is 6.28. The molecule has 2 aromatic heterocycles. The molecule has 1 fully saturated rings. The highest BCUT2D eigenvalue weighted by Gasteiger charge is 2.39. The lowest BCUT2D eigenvalue weighted by atomic mass is 9.81. The van der Waals surface area contributed by atoms with Crippen molar-refractivity contribution in [1.82, 2.24) is 19.9 Å². The molecule has 1 amide bonds. The number of carbonyl (C=O) groups excluding carboxylic acids is 1. The average Bonchev–Trinajstić information content (AvgIpc) is 2.99. The van der Waals surface area contributed by atoms with Crippen LogP contribution in [0.15, 0.2) is 12.3 Å². The van der Waals surface area contributed by atoms with Crippen LogP contribution in [0.1, 0.15) is 63.4 Å². The summed E-state index contributed by atoms with van der Waals surface area (Å²) in [6, 6.07) is 1.55. The van der Waals surface area contributed by atoms with Crippen LogP contribution in [0.2, 0.25) is 5.28 Å². The van der Waals surface area contributed by atoms with Crippen LogP contribution in [0.5, 0.6) is 0 Å². The number of nitrogens with one attached hydrogen (secondary N) is 1. The maximum absolute atomic E-state index is 12.2. The molecule has 0 aromatic carbocycles. The SMILES string of the molecule is CC(C)(C)OC(=O)NCC1(n2c(C(=O)O)cc3cnc(Cl)nc32)CCCCC1. The second kappa shape index (κ2) is 7.58. The number of amides is 1. The number of aromatic nitrogens is 3. The summed E-state index contributed by atoms with van der Waals surface area (Å²) in [5.41, 5.74) is -0.663. The van der Waals surface area contributed by atoms with Gasteiger partial charge in [-0.15, -0.1) is 0 Å². The van der Waals surface area contributed by atoms with Crippen LogP contribution in [0.3, 0.4) is 0 Å². The number of carboxylic acid groups (broad SMARTS) is 1. The fraction of sp³-hybridized carbons (Fsp3) is 0.579. The van der Waals surface area contributed by atoms with E-state index in [1.54, 1.807) is 31.4 Å². The molecule has 28 heavy (non-hydrogen) atoms. The topological polar surface area (TPSA) is 106 Å². The number of aromatic carboxylic acids is 1. The van der Waals surface area contributed by atoms with E-state index >= 15 is 0 Å². The number of carboxylic acids is 1. The first-order valence-corrected chi connectivity index (χ1v) is 9.74. The molecule has 0 unspecified atom stereocenters.